The van der Waals surface area contributed by atoms with Gasteiger partial charge in [-0.15, -0.1) is 0 Å². The number of hydrogen-bond acceptors (Lipinski definition) is 3. The number of anilines is 3. The third-order valence-electron chi connectivity index (χ3n) is 9.66. The van der Waals surface area contributed by atoms with E-state index in [1.54, 1.807) is 0 Å². The van der Waals surface area contributed by atoms with Crippen LogP contribution in [0.15, 0.2) is 185 Å². The van der Waals surface area contributed by atoms with Crippen LogP contribution in [0.5, 0.6) is 0 Å². The second kappa shape index (κ2) is 11.0. The zero-order chi connectivity index (χ0) is 32.3. The highest BCUT2D eigenvalue weighted by Crippen LogP contribution is 2.43. The molecule has 0 saturated carbocycles. The zero-order valence-electron chi connectivity index (χ0n) is 26.5. The third-order valence-corrected chi connectivity index (χ3v) is 9.66. The minimum absolute atomic E-state index is 0.875. The van der Waals surface area contributed by atoms with Gasteiger partial charge in [-0.1, -0.05) is 109 Å². The van der Waals surface area contributed by atoms with Crippen molar-refractivity contribution in [3.63, 3.8) is 0 Å². The number of furan rings is 2. The molecule has 0 amide bonds. The lowest BCUT2D eigenvalue weighted by atomic mass is 9.92. The quantitative estimate of drug-likeness (QED) is 0.190. The van der Waals surface area contributed by atoms with Gasteiger partial charge in [0.2, 0.25) is 0 Å². The molecule has 0 aliphatic carbocycles. The molecule has 0 bridgehead atoms. The van der Waals surface area contributed by atoms with Crippen LogP contribution in [0.2, 0.25) is 0 Å². The highest BCUT2D eigenvalue weighted by molar-refractivity contribution is 6.22. The predicted molar refractivity (Wildman–Crippen MR) is 204 cm³/mol. The molecule has 0 unspecified atom stereocenters. The van der Waals surface area contributed by atoms with Crippen LogP contribution >= 0.6 is 0 Å². The summed E-state index contributed by atoms with van der Waals surface area (Å²) in [5.41, 5.74) is 11.4. The molecule has 2 heterocycles. The van der Waals surface area contributed by atoms with Gasteiger partial charge < -0.3 is 13.7 Å². The number of nitrogens with zero attached hydrogens (tertiary/aromatic N) is 1. The van der Waals surface area contributed by atoms with Crippen molar-refractivity contribution in [3.05, 3.63) is 176 Å². The molecule has 0 fully saturated rings. The molecule has 3 nitrogen and oxygen atoms in total. The number of benzene rings is 8. The Kier molecular flexibility index (Phi) is 6.18. The molecule has 230 valence electrons. The van der Waals surface area contributed by atoms with Crippen molar-refractivity contribution in [1.29, 1.82) is 0 Å². The van der Waals surface area contributed by atoms with Crippen molar-refractivity contribution in [2.24, 2.45) is 0 Å². The first kappa shape index (κ1) is 27.5. The highest BCUT2D eigenvalue weighted by Gasteiger charge is 2.18. The van der Waals surface area contributed by atoms with Crippen LogP contribution in [0.4, 0.5) is 17.1 Å². The summed E-state index contributed by atoms with van der Waals surface area (Å²) in [7, 11) is 0. The summed E-state index contributed by atoms with van der Waals surface area (Å²) in [5, 5.41) is 6.94. The summed E-state index contributed by atoms with van der Waals surface area (Å²) in [4.78, 5) is 2.28. The molecule has 8 aromatic carbocycles. The molecule has 3 heteroatoms. The summed E-state index contributed by atoms with van der Waals surface area (Å²) in [6, 6.07) is 62.0. The van der Waals surface area contributed by atoms with E-state index < -0.39 is 0 Å². The summed E-state index contributed by atoms with van der Waals surface area (Å²) in [6.07, 6.45) is 0. The molecule has 0 aliphatic rings. The summed E-state index contributed by atoms with van der Waals surface area (Å²) >= 11 is 0. The maximum absolute atomic E-state index is 6.43. The highest BCUT2D eigenvalue weighted by atomic mass is 16.3. The van der Waals surface area contributed by atoms with Gasteiger partial charge in [0.15, 0.2) is 0 Å². The topological polar surface area (TPSA) is 29.5 Å². The van der Waals surface area contributed by atoms with Crippen LogP contribution < -0.4 is 4.90 Å². The lowest BCUT2D eigenvalue weighted by Crippen LogP contribution is -2.09. The van der Waals surface area contributed by atoms with E-state index in [9.17, 15) is 0 Å². The number of fused-ring (bicyclic) bond motifs is 8. The standard InChI is InChI=1S/C46H29NO2/c1-3-11-31(12-4-1)40-29-45-46(39-16-8-10-18-43(39)49-45)41-27-32(21-25-36(40)41)30-19-22-34(23-20-30)47(33-13-5-2-6-14-33)35-24-26-38-37-15-7-9-17-42(37)48-44(38)28-35/h1-29H. The number of rotatable bonds is 5. The van der Waals surface area contributed by atoms with Gasteiger partial charge in [0, 0.05) is 44.7 Å². The molecule has 0 atom stereocenters. The monoisotopic (exact) mass is 627 g/mol. The van der Waals surface area contributed by atoms with Gasteiger partial charge in [-0.2, -0.15) is 0 Å². The maximum Gasteiger partial charge on any atom is 0.137 e. The summed E-state index contributed by atoms with van der Waals surface area (Å²) in [6.45, 7) is 0. The van der Waals surface area contributed by atoms with Crippen molar-refractivity contribution in [3.8, 4) is 22.3 Å². The van der Waals surface area contributed by atoms with E-state index in [-0.39, 0.29) is 0 Å². The Morgan fingerprint density at radius 2 is 0.878 bits per heavy atom. The molecule has 0 spiro atoms. The van der Waals surface area contributed by atoms with E-state index >= 15 is 0 Å². The van der Waals surface area contributed by atoms with Crippen LogP contribution in [0.25, 0.3) is 76.9 Å². The van der Waals surface area contributed by atoms with E-state index in [4.69, 9.17) is 8.83 Å². The Balaban J connectivity index is 1.11. The minimum Gasteiger partial charge on any atom is -0.456 e. The fourth-order valence-corrected chi connectivity index (χ4v) is 7.36. The summed E-state index contributed by atoms with van der Waals surface area (Å²) < 4.78 is 12.7. The molecule has 0 saturated heterocycles. The Labute approximate surface area is 282 Å². The molecular formula is C46H29NO2. The Morgan fingerprint density at radius 1 is 0.306 bits per heavy atom. The minimum atomic E-state index is 0.875. The van der Waals surface area contributed by atoms with E-state index in [0.717, 1.165) is 72.1 Å². The Bertz CT molecular complexity index is 2810. The zero-order valence-corrected chi connectivity index (χ0v) is 26.5. The van der Waals surface area contributed by atoms with E-state index in [1.165, 1.54) is 21.9 Å². The van der Waals surface area contributed by atoms with E-state index in [0.29, 0.717) is 0 Å². The molecule has 0 radical (unpaired) electrons. The van der Waals surface area contributed by atoms with Gasteiger partial charge in [0.25, 0.3) is 0 Å². The van der Waals surface area contributed by atoms with Crippen LogP contribution in [0.1, 0.15) is 0 Å². The smallest absolute Gasteiger partial charge is 0.137 e. The molecule has 0 aliphatic heterocycles. The Hall–Kier alpha value is -6.58. The first-order chi connectivity index (χ1) is 24.3. The van der Waals surface area contributed by atoms with Gasteiger partial charge in [0.05, 0.1) is 0 Å². The van der Waals surface area contributed by atoms with Gasteiger partial charge in [-0.25, -0.2) is 0 Å². The average molecular weight is 628 g/mol. The molecule has 0 N–H and O–H groups in total. The van der Waals surface area contributed by atoms with Gasteiger partial charge in [-0.05, 0) is 93.7 Å². The van der Waals surface area contributed by atoms with Crippen molar-refractivity contribution in [1.82, 2.24) is 0 Å². The van der Waals surface area contributed by atoms with Crippen LogP contribution in [-0.2, 0) is 0 Å². The Morgan fingerprint density at radius 3 is 1.67 bits per heavy atom. The van der Waals surface area contributed by atoms with Gasteiger partial charge >= 0.3 is 0 Å². The molecule has 49 heavy (non-hydrogen) atoms. The SMILES string of the molecule is c1ccc(-c2cc3oc4ccccc4c3c3cc(-c4ccc(N(c5ccccc5)c5ccc6c(c5)oc5ccccc56)cc4)ccc23)cc1. The van der Waals surface area contributed by atoms with Gasteiger partial charge in [-0.3, -0.25) is 0 Å². The number of para-hydroxylation sites is 3. The normalized spacial score (nSPS) is 11.7. The van der Waals surface area contributed by atoms with Crippen LogP contribution in [0.3, 0.4) is 0 Å². The fraction of sp³-hybridized carbons (Fsp3) is 0. The number of hydrogen-bond donors (Lipinski definition) is 0. The van der Waals surface area contributed by atoms with Crippen molar-refractivity contribution in [2.75, 3.05) is 4.90 Å². The molecule has 10 rings (SSSR count). The lowest BCUT2D eigenvalue weighted by molar-refractivity contribution is 0.668. The largest absolute Gasteiger partial charge is 0.456 e. The van der Waals surface area contributed by atoms with Crippen molar-refractivity contribution >= 4 is 71.7 Å². The second-order valence-corrected chi connectivity index (χ2v) is 12.5. The maximum atomic E-state index is 6.43. The average Bonchev–Trinajstić information content (AvgIpc) is 3.74. The van der Waals surface area contributed by atoms with E-state index in [1.807, 2.05) is 18.2 Å². The van der Waals surface area contributed by atoms with Crippen molar-refractivity contribution in [2.45, 2.75) is 0 Å². The lowest BCUT2D eigenvalue weighted by Gasteiger charge is -2.25. The van der Waals surface area contributed by atoms with Crippen molar-refractivity contribution < 1.29 is 8.83 Å². The summed E-state index contributed by atoms with van der Waals surface area (Å²) in [5.74, 6) is 0. The molecule has 2 aromatic heterocycles. The fourth-order valence-electron chi connectivity index (χ4n) is 7.36. The third kappa shape index (κ3) is 4.51. The van der Waals surface area contributed by atoms with Crippen LogP contribution in [-0.4, -0.2) is 0 Å². The predicted octanol–water partition coefficient (Wildman–Crippen LogP) is 13.4. The van der Waals surface area contributed by atoms with Crippen LogP contribution in [0, 0.1) is 0 Å². The second-order valence-electron chi connectivity index (χ2n) is 12.5. The van der Waals surface area contributed by atoms with E-state index in [2.05, 4.69) is 163 Å². The van der Waals surface area contributed by atoms with Gasteiger partial charge in [0.1, 0.15) is 22.3 Å². The molecule has 10 aromatic rings. The first-order valence-electron chi connectivity index (χ1n) is 16.6. The molecular weight excluding hydrogens is 599 g/mol. The first-order valence-corrected chi connectivity index (χ1v) is 16.6.